The second-order valence-electron chi connectivity index (χ2n) is 7.52. The van der Waals surface area contributed by atoms with Crippen molar-refractivity contribution in [2.75, 3.05) is 27.9 Å². The van der Waals surface area contributed by atoms with E-state index in [1.807, 2.05) is 60.0 Å². The standard InChI is InChI=1S/C27H26N2O5S/c1-31-22-6-4-5-7-24(22)34-16-26(30)28-15-18-8-10-19(11-9-18)27-29-21(17-35-27)20-12-13-23(32-2)25(14-20)33-3/h4-14,17H,15-16H2,1-3H3,(H,28,30). The molecule has 0 atom stereocenters. The van der Waals surface area contributed by atoms with Crippen LogP contribution < -0.4 is 24.3 Å². The molecule has 4 rings (SSSR count). The highest BCUT2D eigenvalue weighted by molar-refractivity contribution is 7.13. The Morgan fingerprint density at radius 3 is 2.20 bits per heavy atom. The second kappa shape index (κ2) is 11.4. The van der Waals surface area contributed by atoms with Gasteiger partial charge in [-0.3, -0.25) is 4.79 Å². The van der Waals surface area contributed by atoms with Crippen molar-refractivity contribution in [2.45, 2.75) is 6.54 Å². The van der Waals surface area contributed by atoms with E-state index < -0.39 is 0 Å². The Bertz CT molecular complexity index is 1290. The van der Waals surface area contributed by atoms with Gasteiger partial charge in [0.2, 0.25) is 0 Å². The Labute approximate surface area is 208 Å². The number of ether oxygens (including phenoxy) is 4. The van der Waals surface area contributed by atoms with E-state index in [9.17, 15) is 4.79 Å². The number of aromatic nitrogens is 1. The van der Waals surface area contributed by atoms with E-state index in [0.717, 1.165) is 27.4 Å². The molecule has 1 amide bonds. The summed E-state index contributed by atoms with van der Waals surface area (Å²) in [5.41, 5.74) is 3.82. The number of nitrogens with zero attached hydrogens (tertiary/aromatic N) is 1. The summed E-state index contributed by atoms with van der Waals surface area (Å²) in [5.74, 6) is 2.26. The van der Waals surface area contributed by atoms with Gasteiger partial charge in [0.15, 0.2) is 29.6 Å². The Balaban J connectivity index is 1.34. The largest absolute Gasteiger partial charge is 0.493 e. The summed E-state index contributed by atoms with van der Waals surface area (Å²) in [4.78, 5) is 17.0. The predicted octanol–water partition coefficient (Wildman–Crippen LogP) is 5.20. The van der Waals surface area contributed by atoms with Crippen LogP contribution in [-0.4, -0.2) is 38.8 Å². The monoisotopic (exact) mass is 490 g/mol. The van der Waals surface area contributed by atoms with E-state index in [1.165, 1.54) is 0 Å². The molecule has 0 spiro atoms. The molecular formula is C27H26N2O5S. The van der Waals surface area contributed by atoms with Gasteiger partial charge in [-0.05, 0) is 35.9 Å². The van der Waals surface area contributed by atoms with E-state index in [-0.39, 0.29) is 12.5 Å². The van der Waals surface area contributed by atoms with E-state index in [4.69, 9.17) is 23.9 Å². The summed E-state index contributed by atoms with van der Waals surface area (Å²) >= 11 is 1.57. The quantitative estimate of drug-likeness (QED) is 0.329. The molecule has 0 aliphatic heterocycles. The van der Waals surface area contributed by atoms with Gasteiger partial charge in [-0.25, -0.2) is 4.98 Å². The molecule has 180 valence electrons. The number of para-hydroxylation sites is 2. The van der Waals surface area contributed by atoms with Crippen LogP contribution >= 0.6 is 11.3 Å². The van der Waals surface area contributed by atoms with Crippen LogP contribution in [0.1, 0.15) is 5.56 Å². The summed E-state index contributed by atoms with van der Waals surface area (Å²) in [5, 5.41) is 5.80. The van der Waals surface area contributed by atoms with Crippen molar-refractivity contribution in [1.82, 2.24) is 10.3 Å². The number of carbonyl (C=O) groups is 1. The molecule has 0 unspecified atom stereocenters. The number of thiazole rings is 1. The third-order valence-corrected chi connectivity index (χ3v) is 6.19. The molecule has 35 heavy (non-hydrogen) atoms. The first-order chi connectivity index (χ1) is 17.1. The van der Waals surface area contributed by atoms with E-state index >= 15 is 0 Å². The molecule has 0 radical (unpaired) electrons. The summed E-state index contributed by atoms with van der Waals surface area (Å²) in [6, 6.07) is 20.9. The average molecular weight is 491 g/mol. The average Bonchev–Trinajstić information content (AvgIpc) is 3.41. The van der Waals surface area contributed by atoms with Crippen LogP contribution in [0, 0.1) is 0 Å². The third-order valence-electron chi connectivity index (χ3n) is 5.30. The maximum atomic E-state index is 12.2. The molecule has 0 saturated heterocycles. The molecule has 1 N–H and O–H groups in total. The molecule has 7 nitrogen and oxygen atoms in total. The van der Waals surface area contributed by atoms with Crippen molar-refractivity contribution in [1.29, 1.82) is 0 Å². The summed E-state index contributed by atoms with van der Waals surface area (Å²) in [6.45, 7) is 0.319. The van der Waals surface area contributed by atoms with Crippen molar-refractivity contribution in [3.05, 3.63) is 77.7 Å². The zero-order valence-electron chi connectivity index (χ0n) is 19.7. The van der Waals surface area contributed by atoms with E-state index in [0.29, 0.717) is 29.5 Å². The first kappa shape index (κ1) is 24.1. The zero-order valence-corrected chi connectivity index (χ0v) is 20.6. The van der Waals surface area contributed by atoms with Crippen LogP contribution in [0.4, 0.5) is 0 Å². The fourth-order valence-corrected chi connectivity index (χ4v) is 4.27. The van der Waals surface area contributed by atoms with Crippen molar-refractivity contribution in [3.8, 4) is 44.8 Å². The number of rotatable bonds is 10. The molecular weight excluding hydrogens is 464 g/mol. The molecule has 0 aliphatic rings. The van der Waals surface area contributed by atoms with Gasteiger partial charge in [0, 0.05) is 23.1 Å². The van der Waals surface area contributed by atoms with Crippen molar-refractivity contribution >= 4 is 17.2 Å². The van der Waals surface area contributed by atoms with Crippen LogP contribution in [0.15, 0.2) is 72.1 Å². The summed E-state index contributed by atoms with van der Waals surface area (Å²) in [7, 11) is 4.80. The molecule has 4 aromatic rings. The van der Waals surface area contributed by atoms with Crippen LogP contribution in [-0.2, 0) is 11.3 Å². The molecule has 0 saturated carbocycles. The first-order valence-electron chi connectivity index (χ1n) is 10.9. The first-order valence-corrected chi connectivity index (χ1v) is 11.8. The number of carbonyl (C=O) groups excluding carboxylic acids is 1. The molecule has 8 heteroatoms. The summed E-state index contributed by atoms with van der Waals surface area (Å²) in [6.07, 6.45) is 0. The van der Waals surface area contributed by atoms with Crippen LogP contribution in [0.3, 0.4) is 0 Å². The molecule has 3 aromatic carbocycles. The van der Waals surface area contributed by atoms with Gasteiger partial charge in [0.05, 0.1) is 27.0 Å². The normalized spacial score (nSPS) is 10.5. The number of hydrogen-bond acceptors (Lipinski definition) is 7. The molecule has 0 fully saturated rings. The van der Waals surface area contributed by atoms with Gasteiger partial charge in [-0.15, -0.1) is 11.3 Å². The van der Waals surface area contributed by atoms with E-state index in [2.05, 4.69) is 5.32 Å². The zero-order chi connectivity index (χ0) is 24.6. The Morgan fingerprint density at radius 2 is 1.49 bits per heavy atom. The third kappa shape index (κ3) is 5.91. The minimum Gasteiger partial charge on any atom is -0.493 e. The number of methoxy groups -OCH3 is 3. The lowest BCUT2D eigenvalue weighted by atomic mass is 10.1. The van der Waals surface area contributed by atoms with Crippen LogP contribution in [0.2, 0.25) is 0 Å². The minimum atomic E-state index is -0.209. The SMILES string of the molecule is COc1ccc(-c2csc(-c3ccc(CNC(=O)COc4ccccc4OC)cc3)n2)cc1OC. The number of nitrogens with one attached hydrogen (secondary N) is 1. The highest BCUT2D eigenvalue weighted by atomic mass is 32.1. The smallest absolute Gasteiger partial charge is 0.258 e. The Morgan fingerprint density at radius 1 is 0.829 bits per heavy atom. The van der Waals surface area contributed by atoms with Crippen molar-refractivity contribution in [3.63, 3.8) is 0 Å². The highest BCUT2D eigenvalue weighted by Gasteiger charge is 2.11. The number of benzene rings is 3. The van der Waals surface area contributed by atoms with Crippen molar-refractivity contribution in [2.24, 2.45) is 0 Å². The van der Waals surface area contributed by atoms with Gasteiger partial charge in [-0.1, -0.05) is 36.4 Å². The fraction of sp³-hybridized carbons (Fsp3) is 0.185. The van der Waals surface area contributed by atoms with Gasteiger partial charge in [0.1, 0.15) is 5.01 Å². The Hall–Kier alpha value is -4.04. The van der Waals surface area contributed by atoms with Crippen molar-refractivity contribution < 1.29 is 23.7 Å². The van der Waals surface area contributed by atoms with Gasteiger partial charge < -0.3 is 24.3 Å². The molecule has 0 bridgehead atoms. The molecule has 1 heterocycles. The number of amides is 1. The van der Waals surface area contributed by atoms with Gasteiger partial charge in [-0.2, -0.15) is 0 Å². The van der Waals surface area contributed by atoms with Crippen LogP contribution in [0.25, 0.3) is 21.8 Å². The Kier molecular flexibility index (Phi) is 7.84. The van der Waals surface area contributed by atoms with Gasteiger partial charge >= 0.3 is 0 Å². The number of hydrogen-bond donors (Lipinski definition) is 1. The predicted molar refractivity (Wildman–Crippen MR) is 136 cm³/mol. The summed E-state index contributed by atoms with van der Waals surface area (Å²) < 4.78 is 21.5. The second-order valence-corrected chi connectivity index (χ2v) is 8.38. The lowest BCUT2D eigenvalue weighted by Gasteiger charge is -2.10. The minimum absolute atomic E-state index is 0.0868. The molecule has 0 aliphatic carbocycles. The topological polar surface area (TPSA) is 78.9 Å². The fourth-order valence-electron chi connectivity index (χ4n) is 3.43. The maximum absolute atomic E-state index is 12.2. The van der Waals surface area contributed by atoms with E-state index in [1.54, 1.807) is 44.8 Å². The van der Waals surface area contributed by atoms with Crippen LogP contribution in [0.5, 0.6) is 23.0 Å². The lowest BCUT2D eigenvalue weighted by Crippen LogP contribution is -2.28. The highest BCUT2D eigenvalue weighted by Crippen LogP contribution is 2.34. The van der Waals surface area contributed by atoms with Gasteiger partial charge in [0.25, 0.3) is 5.91 Å². The molecule has 1 aromatic heterocycles. The maximum Gasteiger partial charge on any atom is 0.258 e. The lowest BCUT2D eigenvalue weighted by molar-refractivity contribution is -0.123.